The summed E-state index contributed by atoms with van der Waals surface area (Å²) in [6, 6.07) is 0. The van der Waals surface area contributed by atoms with Gasteiger partial charge in [0, 0.05) is 0 Å². The van der Waals surface area contributed by atoms with Gasteiger partial charge in [-0.2, -0.15) is 4.31 Å². The molecule has 0 atom stereocenters. The molecule has 0 spiro atoms. The second-order valence-corrected chi connectivity index (χ2v) is 17.7. The number of hydrogen-bond donors (Lipinski definition) is 2. The van der Waals surface area contributed by atoms with Gasteiger partial charge in [0.05, 0.1) is 13.2 Å². The van der Waals surface area contributed by atoms with Crippen LogP contribution in [0, 0.1) is 0 Å². The molecule has 0 rings (SSSR count). The average Bonchev–Trinajstić information content (AvgIpc) is 3.01. The maximum absolute atomic E-state index is 13.3. The van der Waals surface area contributed by atoms with Crippen LogP contribution < -0.4 is 0 Å². The first kappa shape index (κ1) is 49.2. The lowest BCUT2D eigenvalue weighted by Gasteiger charge is -2.19. The van der Waals surface area contributed by atoms with E-state index in [1.54, 1.807) is 0 Å². The summed E-state index contributed by atoms with van der Waals surface area (Å²) in [6.07, 6.45) is 25.5. The van der Waals surface area contributed by atoms with Crippen molar-refractivity contribution in [3.63, 3.8) is 0 Å². The second kappa shape index (κ2) is 26.9. The molecule has 0 unspecified atom stereocenters. The Kier molecular flexibility index (Phi) is 25.9. The SMILES string of the molecule is CC(C)=CCC/C(C)=C/CC/C(C)=C/CC/C(C)=C(/C)COP(=O)(OC/C(C)=C(/C)CC/C=C(\C)CC/C=C(\C)CCC=C(C)C)OP(=O)(O)O. The molecule has 0 saturated carbocycles. The molecule has 9 heteroatoms. The molecular weight excluding hydrogens is 678 g/mol. The molecule has 0 saturated heterocycles. The predicted octanol–water partition coefficient (Wildman–Crippen LogP) is 14.3. The van der Waals surface area contributed by atoms with Crippen LogP contribution in [0.25, 0.3) is 0 Å². The summed E-state index contributed by atoms with van der Waals surface area (Å²) < 4.78 is 40.5. The normalized spacial score (nSPS) is 15.6. The van der Waals surface area contributed by atoms with Gasteiger partial charge in [0.1, 0.15) is 0 Å². The zero-order valence-electron chi connectivity index (χ0n) is 34.2. The first-order chi connectivity index (χ1) is 23.7. The van der Waals surface area contributed by atoms with Crippen LogP contribution in [0.4, 0.5) is 0 Å². The molecule has 2 N–H and O–H groups in total. The third kappa shape index (κ3) is 28.4. The van der Waals surface area contributed by atoms with Crippen LogP contribution >= 0.6 is 15.6 Å². The molecule has 7 nitrogen and oxygen atoms in total. The molecule has 292 valence electrons. The van der Waals surface area contributed by atoms with E-state index in [0.717, 1.165) is 99.3 Å². The molecule has 0 heterocycles. The lowest BCUT2D eigenvalue weighted by Crippen LogP contribution is -2.05. The third-order valence-electron chi connectivity index (χ3n) is 8.81. The predicted molar refractivity (Wildman–Crippen MR) is 219 cm³/mol. The average molecular weight is 751 g/mol. The monoisotopic (exact) mass is 750 g/mol. The van der Waals surface area contributed by atoms with Crippen molar-refractivity contribution in [3.8, 4) is 0 Å². The van der Waals surface area contributed by atoms with Crippen LogP contribution in [-0.4, -0.2) is 23.0 Å². The molecule has 0 aromatic carbocycles. The highest BCUT2D eigenvalue weighted by Crippen LogP contribution is 2.61. The van der Waals surface area contributed by atoms with Crippen LogP contribution in [0.3, 0.4) is 0 Å². The summed E-state index contributed by atoms with van der Waals surface area (Å²) in [5.74, 6) is 0. The first-order valence-electron chi connectivity index (χ1n) is 18.6. The van der Waals surface area contributed by atoms with Gasteiger partial charge >= 0.3 is 15.6 Å². The Bertz CT molecular complexity index is 1310. The summed E-state index contributed by atoms with van der Waals surface area (Å²) in [4.78, 5) is 18.9. The van der Waals surface area contributed by atoms with Crippen molar-refractivity contribution in [2.24, 2.45) is 0 Å². The van der Waals surface area contributed by atoms with E-state index in [0.29, 0.717) is 0 Å². The van der Waals surface area contributed by atoms with E-state index in [2.05, 4.69) is 96.2 Å². The lowest BCUT2D eigenvalue weighted by molar-refractivity contribution is 0.155. The van der Waals surface area contributed by atoms with E-state index >= 15 is 0 Å². The molecule has 0 fully saturated rings. The van der Waals surface area contributed by atoms with Gasteiger partial charge in [0.15, 0.2) is 0 Å². The molecule has 51 heavy (non-hydrogen) atoms. The van der Waals surface area contributed by atoms with Crippen LogP contribution in [0.5, 0.6) is 0 Å². The maximum Gasteiger partial charge on any atom is 0.484 e. The maximum atomic E-state index is 13.3. The largest absolute Gasteiger partial charge is 0.484 e. The van der Waals surface area contributed by atoms with Gasteiger partial charge in [0.25, 0.3) is 0 Å². The minimum absolute atomic E-state index is 0.126. The van der Waals surface area contributed by atoms with E-state index < -0.39 is 15.6 Å². The number of allylic oxidation sites excluding steroid dienone is 14. The topological polar surface area (TPSA) is 102 Å². The van der Waals surface area contributed by atoms with Gasteiger partial charge in [-0.3, -0.25) is 9.05 Å². The van der Waals surface area contributed by atoms with Gasteiger partial charge in [-0.1, -0.05) is 81.0 Å². The van der Waals surface area contributed by atoms with E-state index in [4.69, 9.17) is 9.05 Å². The molecule has 0 aromatic rings. The molecule has 0 aliphatic heterocycles. The molecule has 0 radical (unpaired) electrons. The van der Waals surface area contributed by atoms with Crippen molar-refractivity contribution in [2.45, 2.75) is 160 Å². The summed E-state index contributed by atoms with van der Waals surface area (Å²) in [5.41, 5.74) is 12.0. The zero-order chi connectivity index (χ0) is 39.0. The molecular formula is C42H72O7P2. The van der Waals surface area contributed by atoms with Crippen LogP contribution in [0.15, 0.2) is 92.2 Å². The Labute approximate surface area is 312 Å². The first-order valence-corrected chi connectivity index (χ1v) is 21.6. The van der Waals surface area contributed by atoms with Crippen LogP contribution in [0.1, 0.15) is 160 Å². The van der Waals surface area contributed by atoms with Crippen LogP contribution in [-0.2, 0) is 22.5 Å². The quantitative estimate of drug-likeness (QED) is 0.0670. The summed E-state index contributed by atoms with van der Waals surface area (Å²) in [7, 11) is -9.69. The van der Waals surface area contributed by atoms with E-state index in [1.165, 1.54) is 33.4 Å². The number of phosphoric acid groups is 2. The fraction of sp³-hybridized carbons (Fsp3) is 0.619. The van der Waals surface area contributed by atoms with Gasteiger partial charge in [-0.15, -0.1) is 0 Å². The highest BCUT2D eigenvalue weighted by molar-refractivity contribution is 7.61. The zero-order valence-corrected chi connectivity index (χ0v) is 36.0. The van der Waals surface area contributed by atoms with E-state index in [1.807, 2.05) is 27.7 Å². The van der Waals surface area contributed by atoms with Crippen molar-refractivity contribution in [1.82, 2.24) is 0 Å². The van der Waals surface area contributed by atoms with E-state index in [9.17, 15) is 18.9 Å². The van der Waals surface area contributed by atoms with Crippen molar-refractivity contribution in [1.29, 1.82) is 0 Å². The Morgan fingerprint density at radius 1 is 0.431 bits per heavy atom. The number of phosphoric ester groups is 1. The number of hydrogen-bond acceptors (Lipinski definition) is 5. The van der Waals surface area contributed by atoms with Crippen molar-refractivity contribution < 1.29 is 32.3 Å². The molecule has 0 amide bonds. The van der Waals surface area contributed by atoms with E-state index in [-0.39, 0.29) is 13.2 Å². The molecule has 0 bridgehead atoms. The Balaban J connectivity index is 5.05. The van der Waals surface area contributed by atoms with Crippen LogP contribution in [0.2, 0.25) is 0 Å². The highest BCUT2D eigenvalue weighted by Gasteiger charge is 2.36. The van der Waals surface area contributed by atoms with Gasteiger partial charge in [-0.25, -0.2) is 9.13 Å². The summed E-state index contributed by atoms with van der Waals surface area (Å²) in [5, 5.41) is 0. The Hall–Kier alpha value is -1.82. The summed E-state index contributed by atoms with van der Waals surface area (Å²) in [6.45, 7) is 24.6. The summed E-state index contributed by atoms with van der Waals surface area (Å²) >= 11 is 0. The van der Waals surface area contributed by atoms with Gasteiger partial charge in [0.2, 0.25) is 0 Å². The highest BCUT2D eigenvalue weighted by atomic mass is 31.3. The smallest absolute Gasteiger partial charge is 0.302 e. The minimum Gasteiger partial charge on any atom is -0.302 e. The minimum atomic E-state index is -5.14. The Morgan fingerprint density at radius 3 is 0.980 bits per heavy atom. The standard InChI is InChI=1S/C42H72O7P2/c1-33(2)19-13-21-35(5)23-15-25-37(7)27-17-29-39(9)41(11)31-47-51(46,49-50(43,44)45)48-32-42(12)40(10)30-18-28-38(8)26-16-24-36(6)22-14-20-34(3)4/h19-20,23-24,27-28H,13-18,21-22,25-26,29-32H2,1-12H3,(H2,43,44,45)/b35-23+,36-24+,37-27+,38-28+,41-39-,42-40-. The Morgan fingerprint density at radius 2 is 0.706 bits per heavy atom. The van der Waals surface area contributed by atoms with Crippen molar-refractivity contribution in [2.75, 3.05) is 13.2 Å². The van der Waals surface area contributed by atoms with Crippen molar-refractivity contribution in [3.05, 3.63) is 92.2 Å². The fourth-order valence-corrected chi connectivity index (χ4v) is 7.18. The molecule has 0 aliphatic carbocycles. The molecule has 0 aromatic heterocycles. The lowest BCUT2D eigenvalue weighted by atomic mass is 10.0. The number of rotatable bonds is 26. The fourth-order valence-electron chi connectivity index (χ4n) is 4.99. The van der Waals surface area contributed by atoms with Gasteiger partial charge < -0.3 is 9.79 Å². The van der Waals surface area contributed by atoms with Crippen molar-refractivity contribution >= 4 is 15.6 Å². The molecule has 0 aliphatic rings. The second-order valence-electron chi connectivity index (χ2n) is 14.7. The third-order valence-corrected chi connectivity index (χ3v) is 11.4. The van der Waals surface area contributed by atoms with Gasteiger partial charge in [-0.05, 0) is 171 Å².